The van der Waals surface area contributed by atoms with Crippen molar-refractivity contribution in [1.82, 2.24) is 19.7 Å². The number of hydrogen-bond acceptors (Lipinski definition) is 5. The van der Waals surface area contributed by atoms with Crippen LogP contribution in [0.3, 0.4) is 0 Å². The molecule has 2 aromatic heterocycles. The minimum Gasteiger partial charge on any atom is -0.353 e. The molecule has 1 atom stereocenters. The number of halogens is 1. The highest BCUT2D eigenvalue weighted by Gasteiger charge is 2.25. The van der Waals surface area contributed by atoms with E-state index in [4.69, 9.17) is 5.26 Å². The first-order valence-corrected chi connectivity index (χ1v) is 6.72. The lowest BCUT2D eigenvalue weighted by Crippen LogP contribution is -2.22. The number of anilines is 1. The van der Waals surface area contributed by atoms with Gasteiger partial charge in [-0.2, -0.15) is 10.4 Å². The second kappa shape index (κ2) is 4.97. The molecule has 7 heteroatoms. The van der Waals surface area contributed by atoms with Gasteiger partial charge in [0.25, 0.3) is 0 Å². The molecule has 3 rings (SSSR count). The zero-order chi connectivity index (χ0) is 13.2. The van der Waals surface area contributed by atoms with Crippen LogP contribution in [0, 0.1) is 11.3 Å². The van der Waals surface area contributed by atoms with Crippen molar-refractivity contribution in [3.63, 3.8) is 0 Å². The zero-order valence-electron chi connectivity index (χ0n) is 10.1. The van der Waals surface area contributed by atoms with Gasteiger partial charge in [-0.05, 0) is 22.4 Å². The Morgan fingerprint density at radius 2 is 2.21 bits per heavy atom. The molecule has 0 aromatic carbocycles. The molecular formula is C12H11BrN6. The van der Waals surface area contributed by atoms with Crippen LogP contribution in [0.25, 0.3) is 0 Å². The summed E-state index contributed by atoms with van der Waals surface area (Å²) >= 11 is 3.41. The summed E-state index contributed by atoms with van der Waals surface area (Å²) < 4.78 is 2.96. The van der Waals surface area contributed by atoms with Crippen molar-refractivity contribution in [3.8, 4) is 6.07 Å². The first kappa shape index (κ1) is 12.1. The van der Waals surface area contributed by atoms with Gasteiger partial charge in [0.2, 0.25) is 0 Å². The molecular weight excluding hydrogens is 308 g/mol. The second-order valence-electron chi connectivity index (χ2n) is 4.40. The van der Waals surface area contributed by atoms with Gasteiger partial charge in [-0.25, -0.2) is 9.97 Å². The zero-order valence-corrected chi connectivity index (χ0v) is 11.7. The van der Waals surface area contributed by atoms with E-state index in [1.807, 2.05) is 16.9 Å². The molecule has 0 bridgehead atoms. The van der Waals surface area contributed by atoms with E-state index in [0.717, 1.165) is 29.8 Å². The normalized spacial score (nSPS) is 18.5. The van der Waals surface area contributed by atoms with E-state index < -0.39 is 0 Å². The lowest BCUT2D eigenvalue weighted by Gasteiger charge is -2.16. The van der Waals surface area contributed by atoms with Crippen molar-refractivity contribution in [3.05, 3.63) is 35.0 Å². The van der Waals surface area contributed by atoms with Crippen molar-refractivity contribution in [1.29, 1.82) is 5.26 Å². The van der Waals surface area contributed by atoms with Gasteiger partial charge in [-0.3, -0.25) is 4.68 Å². The average Bonchev–Trinajstić information content (AvgIpc) is 3.07. The fourth-order valence-electron chi connectivity index (χ4n) is 2.22. The molecule has 1 saturated heterocycles. The lowest BCUT2D eigenvalue weighted by molar-refractivity contribution is 0.494. The number of hydrogen-bond donors (Lipinski definition) is 0. The molecule has 0 spiro atoms. The molecule has 1 unspecified atom stereocenters. The predicted octanol–water partition coefficient (Wildman–Crippen LogP) is 1.76. The Morgan fingerprint density at radius 3 is 2.84 bits per heavy atom. The van der Waals surface area contributed by atoms with Crippen LogP contribution < -0.4 is 4.90 Å². The van der Waals surface area contributed by atoms with Crippen molar-refractivity contribution < 1.29 is 0 Å². The Balaban J connectivity index is 1.73. The van der Waals surface area contributed by atoms with Gasteiger partial charge in [-0.15, -0.1) is 0 Å². The maximum Gasteiger partial charge on any atom is 0.158 e. The summed E-state index contributed by atoms with van der Waals surface area (Å²) in [5, 5.41) is 13.0. The topological polar surface area (TPSA) is 70.6 Å². The second-order valence-corrected chi connectivity index (χ2v) is 5.31. The highest BCUT2D eigenvalue weighted by molar-refractivity contribution is 9.10. The molecule has 0 saturated carbocycles. The SMILES string of the molecule is N#Cc1cnc(N2CCC(n3cc(Br)cn3)C2)cn1. The molecule has 2 aromatic rings. The monoisotopic (exact) mass is 318 g/mol. The van der Waals surface area contributed by atoms with E-state index in [2.05, 4.69) is 35.9 Å². The van der Waals surface area contributed by atoms with Crippen molar-refractivity contribution in [2.75, 3.05) is 18.0 Å². The smallest absolute Gasteiger partial charge is 0.158 e. The minimum absolute atomic E-state index is 0.343. The summed E-state index contributed by atoms with van der Waals surface area (Å²) in [6.07, 6.45) is 7.96. The van der Waals surface area contributed by atoms with Crippen LogP contribution in [-0.4, -0.2) is 32.8 Å². The number of aromatic nitrogens is 4. The van der Waals surface area contributed by atoms with Gasteiger partial charge < -0.3 is 4.90 Å². The van der Waals surface area contributed by atoms with E-state index in [1.54, 1.807) is 12.4 Å². The molecule has 0 N–H and O–H groups in total. The Morgan fingerprint density at radius 1 is 1.32 bits per heavy atom. The molecule has 0 radical (unpaired) electrons. The Bertz CT molecular complexity index is 614. The van der Waals surface area contributed by atoms with Crippen molar-refractivity contribution >= 4 is 21.7 Å². The predicted molar refractivity (Wildman–Crippen MR) is 72.5 cm³/mol. The standard InChI is InChI=1S/C12H11BrN6/c13-9-4-17-19(7-9)11-1-2-18(8-11)12-6-15-10(3-14)5-16-12/h4-7,11H,1-2,8H2. The van der Waals surface area contributed by atoms with Gasteiger partial charge >= 0.3 is 0 Å². The molecule has 19 heavy (non-hydrogen) atoms. The van der Waals surface area contributed by atoms with Gasteiger partial charge in [0.1, 0.15) is 11.9 Å². The number of nitriles is 1. The fraction of sp³-hybridized carbons (Fsp3) is 0.333. The van der Waals surface area contributed by atoms with Crippen molar-refractivity contribution in [2.45, 2.75) is 12.5 Å². The summed E-state index contributed by atoms with van der Waals surface area (Å²) in [5.41, 5.74) is 0.343. The summed E-state index contributed by atoms with van der Waals surface area (Å²) in [4.78, 5) is 10.5. The quantitative estimate of drug-likeness (QED) is 0.843. The molecule has 0 aliphatic carbocycles. The van der Waals surface area contributed by atoms with Gasteiger partial charge in [0, 0.05) is 19.3 Å². The van der Waals surface area contributed by atoms with E-state index in [-0.39, 0.29) is 0 Å². The molecule has 3 heterocycles. The molecule has 1 aliphatic heterocycles. The third-order valence-electron chi connectivity index (χ3n) is 3.18. The minimum atomic E-state index is 0.343. The summed E-state index contributed by atoms with van der Waals surface area (Å²) in [5.74, 6) is 0.813. The first-order valence-electron chi connectivity index (χ1n) is 5.93. The fourth-order valence-corrected chi connectivity index (χ4v) is 2.52. The van der Waals surface area contributed by atoms with Crippen LogP contribution in [0.1, 0.15) is 18.2 Å². The van der Waals surface area contributed by atoms with E-state index in [0.29, 0.717) is 11.7 Å². The molecule has 96 valence electrons. The summed E-state index contributed by atoms with van der Waals surface area (Å²) in [6, 6.07) is 2.32. The number of nitrogens with zero attached hydrogens (tertiary/aromatic N) is 6. The van der Waals surface area contributed by atoms with Gasteiger partial charge in [0.15, 0.2) is 5.69 Å². The maximum atomic E-state index is 8.70. The molecule has 0 amide bonds. The Kier molecular flexibility index (Phi) is 3.17. The number of rotatable bonds is 2. The van der Waals surface area contributed by atoms with Crippen LogP contribution in [-0.2, 0) is 0 Å². The molecule has 6 nitrogen and oxygen atoms in total. The summed E-state index contributed by atoms with van der Waals surface area (Å²) in [7, 11) is 0. The maximum absolute atomic E-state index is 8.70. The third kappa shape index (κ3) is 2.44. The van der Waals surface area contributed by atoms with Crippen LogP contribution in [0.4, 0.5) is 5.82 Å². The highest BCUT2D eigenvalue weighted by atomic mass is 79.9. The largest absolute Gasteiger partial charge is 0.353 e. The van der Waals surface area contributed by atoms with Gasteiger partial charge in [-0.1, -0.05) is 0 Å². The van der Waals surface area contributed by atoms with Crippen LogP contribution in [0.5, 0.6) is 0 Å². The highest BCUT2D eigenvalue weighted by Crippen LogP contribution is 2.25. The van der Waals surface area contributed by atoms with Crippen molar-refractivity contribution in [2.24, 2.45) is 0 Å². The van der Waals surface area contributed by atoms with E-state index in [1.165, 1.54) is 6.20 Å². The Hall–Kier alpha value is -1.94. The third-order valence-corrected chi connectivity index (χ3v) is 3.59. The van der Waals surface area contributed by atoms with E-state index in [9.17, 15) is 0 Å². The van der Waals surface area contributed by atoms with Crippen LogP contribution in [0.15, 0.2) is 29.3 Å². The average molecular weight is 319 g/mol. The molecule has 1 fully saturated rings. The van der Waals surface area contributed by atoms with Crippen LogP contribution >= 0.6 is 15.9 Å². The molecule has 1 aliphatic rings. The van der Waals surface area contributed by atoms with Crippen LogP contribution in [0.2, 0.25) is 0 Å². The van der Waals surface area contributed by atoms with Gasteiger partial charge in [0.05, 0.1) is 29.1 Å². The first-order chi connectivity index (χ1) is 9.26. The summed E-state index contributed by atoms with van der Waals surface area (Å²) in [6.45, 7) is 1.78. The Labute approximate surface area is 118 Å². The van der Waals surface area contributed by atoms with E-state index >= 15 is 0 Å². The lowest BCUT2D eigenvalue weighted by atomic mass is 10.3.